The van der Waals surface area contributed by atoms with Gasteiger partial charge in [0.25, 0.3) is 5.91 Å². The summed E-state index contributed by atoms with van der Waals surface area (Å²) in [5.74, 6) is -0.0232. The SMILES string of the molecule is CNc1cnccc1C(=O)N(CCCOC)CCOC. The van der Waals surface area contributed by atoms with Crippen molar-refractivity contribution in [3.63, 3.8) is 0 Å². The Labute approximate surface area is 120 Å². The molecule has 0 bridgehead atoms. The fraction of sp³-hybridized carbons (Fsp3) is 0.571. The summed E-state index contributed by atoms with van der Waals surface area (Å²) in [5, 5.41) is 2.99. The number of ether oxygens (including phenoxy) is 2. The number of rotatable bonds is 9. The molecule has 0 atom stereocenters. The van der Waals surface area contributed by atoms with Crippen molar-refractivity contribution in [3.8, 4) is 0 Å². The van der Waals surface area contributed by atoms with Crippen LogP contribution in [0.15, 0.2) is 18.5 Å². The minimum absolute atomic E-state index is 0.0232. The van der Waals surface area contributed by atoms with E-state index in [1.54, 1.807) is 44.6 Å². The molecule has 20 heavy (non-hydrogen) atoms. The Morgan fingerprint density at radius 1 is 1.30 bits per heavy atom. The number of pyridine rings is 1. The predicted molar refractivity (Wildman–Crippen MR) is 78.1 cm³/mol. The fourth-order valence-electron chi connectivity index (χ4n) is 1.87. The van der Waals surface area contributed by atoms with E-state index < -0.39 is 0 Å². The number of carbonyl (C=O) groups excluding carboxylic acids is 1. The van der Waals surface area contributed by atoms with Crippen LogP contribution in [0, 0.1) is 0 Å². The molecule has 6 nitrogen and oxygen atoms in total. The average molecular weight is 281 g/mol. The first-order chi connectivity index (χ1) is 9.74. The monoisotopic (exact) mass is 281 g/mol. The highest BCUT2D eigenvalue weighted by atomic mass is 16.5. The molecule has 1 heterocycles. The molecular weight excluding hydrogens is 258 g/mol. The zero-order valence-electron chi connectivity index (χ0n) is 12.4. The number of aromatic nitrogens is 1. The second-order valence-electron chi connectivity index (χ2n) is 4.30. The van der Waals surface area contributed by atoms with Crippen LogP contribution >= 0.6 is 0 Å². The minimum atomic E-state index is -0.0232. The zero-order chi connectivity index (χ0) is 14.8. The predicted octanol–water partition coefficient (Wildman–Crippen LogP) is 1.25. The third kappa shape index (κ3) is 4.79. The Hall–Kier alpha value is -1.66. The summed E-state index contributed by atoms with van der Waals surface area (Å²) in [6.45, 7) is 2.34. The summed E-state index contributed by atoms with van der Waals surface area (Å²) < 4.78 is 10.1. The normalized spacial score (nSPS) is 10.3. The highest BCUT2D eigenvalue weighted by molar-refractivity contribution is 5.99. The quantitative estimate of drug-likeness (QED) is 0.690. The van der Waals surface area contributed by atoms with E-state index in [1.165, 1.54) is 0 Å². The highest BCUT2D eigenvalue weighted by Crippen LogP contribution is 2.15. The van der Waals surface area contributed by atoms with Gasteiger partial charge in [-0.05, 0) is 12.5 Å². The van der Waals surface area contributed by atoms with Gasteiger partial charge in [0.2, 0.25) is 0 Å². The molecule has 0 radical (unpaired) electrons. The average Bonchev–Trinajstić information content (AvgIpc) is 2.50. The van der Waals surface area contributed by atoms with Gasteiger partial charge in [0.05, 0.1) is 24.1 Å². The largest absolute Gasteiger partial charge is 0.386 e. The van der Waals surface area contributed by atoms with Crippen LogP contribution < -0.4 is 5.32 Å². The summed E-state index contributed by atoms with van der Waals surface area (Å²) >= 11 is 0. The second kappa shape index (κ2) is 9.28. The van der Waals surface area contributed by atoms with Gasteiger partial charge in [-0.25, -0.2) is 0 Å². The number of anilines is 1. The first kappa shape index (κ1) is 16.4. The lowest BCUT2D eigenvalue weighted by atomic mass is 10.2. The van der Waals surface area contributed by atoms with E-state index in [0.717, 1.165) is 12.1 Å². The van der Waals surface area contributed by atoms with E-state index in [1.807, 2.05) is 0 Å². The lowest BCUT2D eigenvalue weighted by Gasteiger charge is -2.23. The van der Waals surface area contributed by atoms with Crippen molar-refractivity contribution in [1.82, 2.24) is 9.88 Å². The molecule has 0 aliphatic rings. The van der Waals surface area contributed by atoms with Gasteiger partial charge in [0.1, 0.15) is 0 Å². The Kier molecular flexibility index (Phi) is 7.60. The molecule has 0 aliphatic carbocycles. The molecule has 1 rings (SSSR count). The number of nitrogens with zero attached hydrogens (tertiary/aromatic N) is 2. The third-order valence-electron chi connectivity index (χ3n) is 2.95. The van der Waals surface area contributed by atoms with Crippen LogP contribution in [0.5, 0.6) is 0 Å². The Morgan fingerprint density at radius 2 is 2.05 bits per heavy atom. The van der Waals surface area contributed by atoms with E-state index in [0.29, 0.717) is 31.9 Å². The van der Waals surface area contributed by atoms with Crippen molar-refractivity contribution in [3.05, 3.63) is 24.0 Å². The molecule has 0 saturated carbocycles. The molecule has 1 aromatic rings. The van der Waals surface area contributed by atoms with Crippen LogP contribution in [0.1, 0.15) is 16.8 Å². The number of hydrogen-bond donors (Lipinski definition) is 1. The van der Waals surface area contributed by atoms with Gasteiger partial charge in [0, 0.05) is 47.2 Å². The van der Waals surface area contributed by atoms with E-state index in [-0.39, 0.29) is 5.91 Å². The van der Waals surface area contributed by atoms with Gasteiger partial charge >= 0.3 is 0 Å². The van der Waals surface area contributed by atoms with Gasteiger partial charge in [-0.2, -0.15) is 0 Å². The van der Waals surface area contributed by atoms with Crippen LogP contribution in [-0.4, -0.2) is 63.4 Å². The van der Waals surface area contributed by atoms with E-state index >= 15 is 0 Å². The standard InChI is InChI=1S/C14H23N3O3/c1-15-13-11-16-6-5-12(13)14(18)17(8-10-20-3)7-4-9-19-2/h5-6,11,15H,4,7-10H2,1-3H3. The van der Waals surface area contributed by atoms with Crippen molar-refractivity contribution >= 4 is 11.6 Å². The van der Waals surface area contributed by atoms with Gasteiger partial charge in [0.15, 0.2) is 0 Å². The summed E-state index contributed by atoms with van der Waals surface area (Å²) in [5.41, 5.74) is 1.35. The molecule has 0 fully saturated rings. The smallest absolute Gasteiger partial charge is 0.256 e. The van der Waals surface area contributed by atoms with E-state index in [4.69, 9.17) is 9.47 Å². The van der Waals surface area contributed by atoms with Crippen LogP contribution in [0.2, 0.25) is 0 Å². The van der Waals surface area contributed by atoms with Gasteiger partial charge < -0.3 is 19.7 Å². The molecule has 112 valence electrons. The van der Waals surface area contributed by atoms with Crippen LogP contribution in [0.25, 0.3) is 0 Å². The topological polar surface area (TPSA) is 63.7 Å². The molecule has 0 spiro atoms. The maximum atomic E-state index is 12.6. The highest BCUT2D eigenvalue weighted by Gasteiger charge is 2.18. The molecule has 1 amide bonds. The van der Waals surface area contributed by atoms with Crippen LogP contribution in [-0.2, 0) is 9.47 Å². The number of hydrogen-bond acceptors (Lipinski definition) is 5. The number of carbonyl (C=O) groups is 1. The third-order valence-corrected chi connectivity index (χ3v) is 2.95. The van der Waals surface area contributed by atoms with Crippen LogP contribution in [0.4, 0.5) is 5.69 Å². The van der Waals surface area contributed by atoms with E-state index in [2.05, 4.69) is 10.3 Å². The summed E-state index contributed by atoms with van der Waals surface area (Å²) in [4.78, 5) is 18.4. The van der Waals surface area contributed by atoms with Crippen molar-refractivity contribution in [2.24, 2.45) is 0 Å². The molecule has 6 heteroatoms. The zero-order valence-corrected chi connectivity index (χ0v) is 12.4. The van der Waals surface area contributed by atoms with Crippen molar-refractivity contribution in [2.75, 3.05) is 52.9 Å². The first-order valence-electron chi connectivity index (χ1n) is 6.63. The van der Waals surface area contributed by atoms with Crippen molar-refractivity contribution in [1.29, 1.82) is 0 Å². The summed E-state index contributed by atoms with van der Waals surface area (Å²) in [6.07, 6.45) is 4.07. The Balaban J connectivity index is 2.79. The number of methoxy groups -OCH3 is 2. The molecule has 0 unspecified atom stereocenters. The Morgan fingerprint density at radius 3 is 2.70 bits per heavy atom. The molecule has 1 N–H and O–H groups in total. The lowest BCUT2D eigenvalue weighted by Crippen LogP contribution is -2.35. The second-order valence-corrected chi connectivity index (χ2v) is 4.30. The first-order valence-corrected chi connectivity index (χ1v) is 6.63. The summed E-state index contributed by atoms with van der Waals surface area (Å²) in [6, 6.07) is 1.73. The maximum absolute atomic E-state index is 12.6. The van der Waals surface area contributed by atoms with Crippen molar-refractivity contribution < 1.29 is 14.3 Å². The fourth-order valence-corrected chi connectivity index (χ4v) is 1.87. The molecule has 0 aromatic carbocycles. The molecule has 0 aliphatic heterocycles. The number of nitrogens with one attached hydrogen (secondary N) is 1. The van der Waals surface area contributed by atoms with Gasteiger partial charge in [-0.3, -0.25) is 9.78 Å². The van der Waals surface area contributed by atoms with Crippen molar-refractivity contribution in [2.45, 2.75) is 6.42 Å². The molecule has 1 aromatic heterocycles. The maximum Gasteiger partial charge on any atom is 0.256 e. The van der Waals surface area contributed by atoms with Gasteiger partial charge in [-0.1, -0.05) is 0 Å². The van der Waals surface area contributed by atoms with Crippen LogP contribution in [0.3, 0.4) is 0 Å². The summed E-state index contributed by atoms with van der Waals surface area (Å²) in [7, 11) is 5.06. The lowest BCUT2D eigenvalue weighted by molar-refractivity contribution is 0.0675. The molecular formula is C14H23N3O3. The molecule has 0 saturated heterocycles. The van der Waals surface area contributed by atoms with E-state index in [9.17, 15) is 4.79 Å². The van der Waals surface area contributed by atoms with Gasteiger partial charge in [-0.15, -0.1) is 0 Å². The Bertz CT molecular complexity index is 412. The number of amides is 1. The minimum Gasteiger partial charge on any atom is -0.386 e.